The van der Waals surface area contributed by atoms with Gasteiger partial charge in [0.2, 0.25) is 0 Å². The molecule has 0 aliphatic heterocycles. The quantitative estimate of drug-likeness (QED) is 0.416. The number of nitrogens with one attached hydrogen (secondary N) is 1. The van der Waals surface area contributed by atoms with Crippen LogP contribution in [0.4, 0.5) is 0 Å². The summed E-state index contributed by atoms with van der Waals surface area (Å²) in [4.78, 5) is 24.9. The van der Waals surface area contributed by atoms with Gasteiger partial charge in [-0.1, -0.05) is 30.3 Å². The molecule has 0 bridgehead atoms. The maximum absolute atomic E-state index is 13.2. The number of ether oxygens (including phenoxy) is 1. The molecule has 0 aliphatic carbocycles. The third kappa shape index (κ3) is 5.59. The van der Waals surface area contributed by atoms with Gasteiger partial charge in [-0.2, -0.15) is 23.1 Å². The van der Waals surface area contributed by atoms with E-state index in [1.807, 2.05) is 66.4 Å². The van der Waals surface area contributed by atoms with E-state index >= 15 is 0 Å². The average molecular weight is 470 g/mol. The Morgan fingerprint density at radius 3 is 2.53 bits per heavy atom. The fraction of sp³-hybridized carbons (Fsp3) is 0.280. The van der Waals surface area contributed by atoms with Crippen LogP contribution >= 0.6 is 23.1 Å². The van der Waals surface area contributed by atoms with Crippen LogP contribution in [0.25, 0.3) is 11.1 Å². The van der Waals surface area contributed by atoms with Gasteiger partial charge in [0, 0.05) is 12.7 Å². The molecule has 0 saturated carbocycles. The van der Waals surface area contributed by atoms with Gasteiger partial charge < -0.3 is 15.2 Å². The molecule has 168 valence electrons. The Bertz CT molecular complexity index is 1070. The number of hydrogen-bond donors (Lipinski definition) is 2. The van der Waals surface area contributed by atoms with Crippen LogP contribution in [0.3, 0.4) is 0 Å². The minimum absolute atomic E-state index is 0.255. The van der Waals surface area contributed by atoms with Crippen LogP contribution < -0.4 is 5.32 Å². The number of carbonyl (C=O) groups excluding carboxylic acids is 1. The molecular formula is C25H27NO4S2. The molecule has 1 heterocycles. The van der Waals surface area contributed by atoms with Crippen LogP contribution in [-0.2, 0) is 9.53 Å². The predicted octanol–water partition coefficient (Wildman–Crippen LogP) is 5.40. The van der Waals surface area contributed by atoms with Gasteiger partial charge in [0.15, 0.2) is 0 Å². The molecule has 0 radical (unpaired) electrons. The van der Waals surface area contributed by atoms with Gasteiger partial charge in [-0.3, -0.25) is 4.79 Å². The van der Waals surface area contributed by atoms with E-state index in [0.717, 1.165) is 27.8 Å². The van der Waals surface area contributed by atoms with E-state index in [0.29, 0.717) is 17.7 Å². The largest absolute Gasteiger partial charge is 0.480 e. The smallest absolute Gasteiger partial charge is 0.326 e. The van der Waals surface area contributed by atoms with Gasteiger partial charge in [-0.05, 0) is 82.1 Å². The van der Waals surface area contributed by atoms with Gasteiger partial charge in [-0.15, -0.1) is 0 Å². The molecule has 5 nitrogen and oxygen atoms in total. The molecule has 1 amide bonds. The number of amides is 1. The minimum atomic E-state index is -1.03. The number of carboxylic acids is 1. The number of carboxylic acid groups (broad SMARTS) is 1. The number of aryl methyl sites for hydroxylation is 1. The van der Waals surface area contributed by atoms with E-state index in [2.05, 4.69) is 5.32 Å². The second kappa shape index (κ2) is 11.3. The van der Waals surface area contributed by atoms with Crippen LogP contribution in [0.1, 0.15) is 39.6 Å². The minimum Gasteiger partial charge on any atom is -0.480 e. The second-order valence-electron chi connectivity index (χ2n) is 7.44. The first kappa shape index (κ1) is 24.0. The van der Waals surface area contributed by atoms with Gasteiger partial charge >= 0.3 is 5.97 Å². The Hall–Kier alpha value is -2.61. The van der Waals surface area contributed by atoms with E-state index in [1.54, 1.807) is 36.3 Å². The number of hydrogen-bond acceptors (Lipinski definition) is 5. The fourth-order valence-corrected chi connectivity index (χ4v) is 4.78. The zero-order valence-corrected chi connectivity index (χ0v) is 20.0. The molecule has 2 N–H and O–H groups in total. The zero-order valence-electron chi connectivity index (χ0n) is 18.3. The van der Waals surface area contributed by atoms with Gasteiger partial charge in [0.05, 0.1) is 0 Å². The van der Waals surface area contributed by atoms with Crippen LogP contribution in [0.15, 0.2) is 59.3 Å². The molecule has 2 atom stereocenters. The van der Waals surface area contributed by atoms with Gasteiger partial charge in [0.25, 0.3) is 5.91 Å². The summed E-state index contributed by atoms with van der Waals surface area (Å²) in [6.45, 7) is 1.99. The molecule has 0 spiro atoms. The number of benzene rings is 2. The van der Waals surface area contributed by atoms with Gasteiger partial charge in [-0.25, -0.2) is 4.79 Å². The molecule has 0 fully saturated rings. The van der Waals surface area contributed by atoms with Crippen LogP contribution in [0.2, 0.25) is 0 Å². The number of thioether (sulfide) groups is 1. The summed E-state index contributed by atoms with van der Waals surface area (Å²) >= 11 is 3.15. The molecule has 1 aromatic heterocycles. The fourth-order valence-electron chi connectivity index (χ4n) is 3.64. The molecule has 0 aliphatic rings. The Morgan fingerprint density at radius 1 is 1.12 bits per heavy atom. The Morgan fingerprint density at radius 2 is 1.91 bits per heavy atom. The molecule has 2 unspecified atom stereocenters. The summed E-state index contributed by atoms with van der Waals surface area (Å²) in [5.74, 6) is -0.775. The number of thiophene rings is 1. The molecule has 2 aromatic carbocycles. The number of carbonyl (C=O) groups is 2. The Balaban J connectivity index is 2.04. The third-order valence-corrected chi connectivity index (χ3v) is 6.67. The van der Waals surface area contributed by atoms with Crippen molar-refractivity contribution in [2.45, 2.75) is 25.5 Å². The molecule has 3 aromatic rings. The van der Waals surface area contributed by atoms with E-state index < -0.39 is 17.9 Å². The summed E-state index contributed by atoms with van der Waals surface area (Å²) < 4.78 is 5.77. The summed E-state index contributed by atoms with van der Waals surface area (Å²) in [5, 5.41) is 16.3. The molecule has 0 saturated heterocycles. The lowest BCUT2D eigenvalue weighted by Crippen LogP contribution is -2.41. The van der Waals surface area contributed by atoms with Crippen molar-refractivity contribution in [2.75, 3.05) is 19.1 Å². The average Bonchev–Trinajstić information content (AvgIpc) is 3.31. The van der Waals surface area contributed by atoms with Crippen molar-refractivity contribution in [3.8, 4) is 11.1 Å². The van der Waals surface area contributed by atoms with Crippen molar-refractivity contribution in [1.82, 2.24) is 5.32 Å². The maximum Gasteiger partial charge on any atom is 0.326 e. The zero-order chi connectivity index (χ0) is 23.1. The van der Waals surface area contributed by atoms with E-state index in [9.17, 15) is 14.7 Å². The lowest BCUT2D eigenvalue weighted by Gasteiger charge is -2.20. The monoisotopic (exact) mass is 469 g/mol. The highest BCUT2D eigenvalue weighted by Crippen LogP contribution is 2.33. The molecular weight excluding hydrogens is 442 g/mol. The summed E-state index contributed by atoms with van der Waals surface area (Å²) in [6.07, 6.45) is 2.02. The summed E-state index contributed by atoms with van der Waals surface area (Å²) in [6, 6.07) is 14.6. The first-order valence-corrected chi connectivity index (χ1v) is 12.6. The van der Waals surface area contributed by atoms with Gasteiger partial charge in [0.1, 0.15) is 12.1 Å². The predicted molar refractivity (Wildman–Crippen MR) is 132 cm³/mol. The van der Waals surface area contributed by atoms with E-state index in [4.69, 9.17) is 4.74 Å². The number of rotatable bonds is 10. The van der Waals surface area contributed by atoms with Crippen LogP contribution in [0.5, 0.6) is 0 Å². The van der Waals surface area contributed by atoms with Crippen molar-refractivity contribution >= 4 is 35.0 Å². The highest BCUT2D eigenvalue weighted by Gasteiger charge is 2.24. The van der Waals surface area contributed by atoms with E-state index in [1.165, 1.54) is 0 Å². The first-order chi connectivity index (χ1) is 15.5. The lowest BCUT2D eigenvalue weighted by molar-refractivity contribution is -0.139. The van der Waals surface area contributed by atoms with Crippen molar-refractivity contribution in [3.05, 3.63) is 81.5 Å². The van der Waals surface area contributed by atoms with Crippen molar-refractivity contribution in [1.29, 1.82) is 0 Å². The Kier molecular flexibility index (Phi) is 8.50. The standard InChI is InChI=1S/C25H27NO4S2/c1-16-6-4-5-7-19(16)21-14-17(23(30-2)18-10-13-32-15-18)8-9-20(21)24(27)26-22(25(28)29)11-12-31-3/h4-10,13-15,22-23H,11-12H2,1-3H3,(H,26,27)(H,28,29). The van der Waals surface area contributed by atoms with Crippen LogP contribution in [-0.4, -0.2) is 42.1 Å². The number of aliphatic carboxylic acids is 1. The Labute approximate surface area is 196 Å². The third-order valence-electron chi connectivity index (χ3n) is 5.32. The highest BCUT2D eigenvalue weighted by molar-refractivity contribution is 7.98. The topological polar surface area (TPSA) is 75.6 Å². The highest BCUT2D eigenvalue weighted by atomic mass is 32.2. The molecule has 7 heteroatoms. The summed E-state index contributed by atoms with van der Waals surface area (Å²) in [5.41, 5.74) is 5.13. The first-order valence-electron chi connectivity index (χ1n) is 10.2. The van der Waals surface area contributed by atoms with E-state index in [-0.39, 0.29) is 6.10 Å². The number of methoxy groups -OCH3 is 1. The lowest BCUT2D eigenvalue weighted by atomic mass is 9.91. The normalized spacial score (nSPS) is 12.8. The molecule has 3 rings (SSSR count). The SMILES string of the molecule is COC(c1ccsc1)c1ccc(C(=O)NC(CCSC)C(=O)O)c(-c2ccccc2C)c1. The van der Waals surface area contributed by atoms with Crippen molar-refractivity contribution < 1.29 is 19.4 Å². The molecule has 32 heavy (non-hydrogen) atoms. The van der Waals surface area contributed by atoms with Crippen molar-refractivity contribution in [2.24, 2.45) is 0 Å². The van der Waals surface area contributed by atoms with Crippen molar-refractivity contribution in [3.63, 3.8) is 0 Å². The second-order valence-corrected chi connectivity index (χ2v) is 9.20. The van der Waals surface area contributed by atoms with Crippen LogP contribution in [0, 0.1) is 6.92 Å². The summed E-state index contributed by atoms with van der Waals surface area (Å²) in [7, 11) is 1.67. The maximum atomic E-state index is 13.2.